The number of aromatic nitrogens is 6. The van der Waals surface area contributed by atoms with E-state index in [1.165, 1.54) is 0 Å². The van der Waals surface area contributed by atoms with Gasteiger partial charge >= 0.3 is 0 Å². The van der Waals surface area contributed by atoms with Crippen molar-refractivity contribution in [2.45, 2.75) is 0 Å². The minimum absolute atomic E-state index is 0.252. The predicted octanol–water partition coefficient (Wildman–Crippen LogP) is 5.12. The van der Waals surface area contributed by atoms with E-state index in [9.17, 15) is 4.39 Å². The fraction of sp³-hybridized carbons (Fsp3) is 0.172. The molecule has 0 aliphatic carbocycles. The minimum atomic E-state index is -0.252. The fourth-order valence-corrected chi connectivity index (χ4v) is 5.13. The van der Waals surface area contributed by atoms with E-state index >= 15 is 0 Å². The lowest BCUT2D eigenvalue weighted by atomic mass is 10.0. The molecule has 4 aromatic heterocycles. The average Bonchev–Trinajstić information content (AvgIpc) is 3.57. The van der Waals surface area contributed by atoms with Gasteiger partial charge in [0.25, 0.3) is 0 Å². The number of piperazine rings is 1. The van der Waals surface area contributed by atoms with Crippen LogP contribution in [0.15, 0.2) is 73.2 Å². The Morgan fingerprint density at radius 1 is 0.895 bits per heavy atom. The van der Waals surface area contributed by atoms with Crippen LogP contribution in [0.2, 0.25) is 0 Å². The number of likely N-dealkylation sites (N-methyl/N-ethyl adjacent to an activating group) is 1. The number of aromatic amines is 2. The highest BCUT2D eigenvalue weighted by Crippen LogP contribution is 2.34. The molecule has 0 saturated carbocycles. The number of hydrogen-bond acceptors (Lipinski definition) is 6. The first-order valence-electron chi connectivity index (χ1n) is 12.6. The van der Waals surface area contributed by atoms with E-state index in [0.717, 1.165) is 76.2 Å². The minimum Gasteiger partial charge on any atom is -0.369 e. The van der Waals surface area contributed by atoms with Gasteiger partial charge in [-0.25, -0.2) is 14.4 Å². The first kappa shape index (κ1) is 22.6. The second-order valence-corrected chi connectivity index (χ2v) is 9.71. The number of benzene rings is 2. The van der Waals surface area contributed by atoms with E-state index in [4.69, 9.17) is 4.98 Å². The van der Waals surface area contributed by atoms with E-state index < -0.39 is 0 Å². The Bertz CT molecular complexity index is 1770. The van der Waals surface area contributed by atoms with E-state index in [1.807, 2.05) is 42.6 Å². The number of H-pyrrole nitrogens is 2. The number of rotatable bonds is 4. The van der Waals surface area contributed by atoms with Gasteiger partial charge in [-0.05, 0) is 49.0 Å². The number of hydrogen-bond donors (Lipinski definition) is 2. The molecule has 188 valence electrons. The summed E-state index contributed by atoms with van der Waals surface area (Å²) in [5, 5.41) is 8.35. The lowest BCUT2D eigenvalue weighted by Crippen LogP contribution is -2.44. The number of pyridine rings is 2. The number of nitrogens with one attached hydrogen (secondary N) is 2. The topological polar surface area (TPSA) is 89.6 Å². The van der Waals surface area contributed by atoms with Crippen molar-refractivity contribution in [2.75, 3.05) is 38.1 Å². The van der Waals surface area contributed by atoms with Crippen molar-refractivity contribution in [3.63, 3.8) is 0 Å². The average molecular weight is 505 g/mol. The maximum absolute atomic E-state index is 14.8. The highest BCUT2D eigenvalue weighted by Gasteiger charge is 2.19. The van der Waals surface area contributed by atoms with Gasteiger partial charge in [0.05, 0.1) is 16.4 Å². The predicted molar refractivity (Wildman–Crippen MR) is 147 cm³/mol. The molecule has 0 spiro atoms. The molecular formula is C29H25FN8. The van der Waals surface area contributed by atoms with E-state index in [2.05, 4.69) is 48.1 Å². The molecule has 0 radical (unpaired) electrons. The van der Waals surface area contributed by atoms with Crippen molar-refractivity contribution >= 4 is 27.8 Å². The zero-order chi connectivity index (χ0) is 25.6. The number of imidazole rings is 1. The van der Waals surface area contributed by atoms with Gasteiger partial charge in [-0.2, -0.15) is 5.10 Å². The van der Waals surface area contributed by atoms with Gasteiger partial charge < -0.3 is 14.8 Å². The quantitative estimate of drug-likeness (QED) is 0.346. The summed E-state index contributed by atoms with van der Waals surface area (Å²) in [5.41, 5.74) is 7.49. The van der Waals surface area contributed by atoms with Gasteiger partial charge in [0.2, 0.25) is 0 Å². The molecule has 1 aliphatic rings. The van der Waals surface area contributed by atoms with Crippen molar-refractivity contribution < 1.29 is 4.39 Å². The van der Waals surface area contributed by atoms with Crippen molar-refractivity contribution in [2.24, 2.45) is 0 Å². The van der Waals surface area contributed by atoms with Gasteiger partial charge in [-0.3, -0.25) is 10.1 Å². The number of anilines is 1. The van der Waals surface area contributed by atoms with Gasteiger partial charge in [0.1, 0.15) is 11.5 Å². The molecule has 8 nitrogen and oxygen atoms in total. The molecule has 9 heteroatoms. The Kier molecular flexibility index (Phi) is 5.36. The van der Waals surface area contributed by atoms with Crippen molar-refractivity contribution in [3.8, 4) is 33.8 Å². The third-order valence-electron chi connectivity index (χ3n) is 7.22. The monoisotopic (exact) mass is 504 g/mol. The largest absolute Gasteiger partial charge is 0.369 e. The summed E-state index contributed by atoms with van der Waals surface area (Å²) in [5.74, 6) is 0.397. The summed E-state index contributed by atoms with van der Waals surface area (Å²) in [7, 11) is 2.11. The van der Waals surface area contributed by atoms with Crippen LogP contribution in [0.5, 0.6) is 0 Å². The van der Waals surface area contributed by atoms with Crippen LogP contribution in [0, 0.1) is 5.82 Å². The summed E-state index contributed by atoms with van der Waals surface area (Å²) in [6, 6.07) is 17.1. The van der Waals surface area contributed by atoms with E-state index in [-0.39, 0.29) is 5.82 Å². The van der Waals surface area contributed by atoms with E-state index in [1.54, 1.807) is 24.5 Å². The van der Waals surface area contributed by atoms with Gasteiger partial charge in [-0.15, -0.1) is 0 Å². The molecule has 0 unspecified atom stereocenters. The van der Waals surface area contributed by atoms with Gasteiger partial charge in [0.15, 0.2) is 11.5 Å². The molecule has 1 saturated heterocycles. The van der Waals surface area contributed by atoms with Crippen LogP contribution >= 0.6 is 0 Å². The molecule has 0 amide bonds. The number of nitrogens with zero attached hydrogens (tertiary/aromatic N) is 6. The summed E-state index contributed by atoms with van der Waals surface area (Å²) in [6.07, 6.45) is 5.35. The fourth-order valence-electron chi connectivity index (χ4n) is 5.13. The van der Waals surface area contributed by atoms with Crippen molar-refractivity contribution in [3.05, 3.63) is 79.0 Å². The summed E-state index contributed by atoms with van der Waals surface area (Å²) < 4.78 is 14.8. The molecular weight excluding hydrogens is 479 g/mol. The number of halogens is 1. The Morgan fingerprint density at radius 2 is 1.79 bits per heavy atom. The van der Waals surface area contributed by atoms with Crippen LogP contribution in [0.3, 0.4) is 0 Å². The zero-order valence-corrected chi connectivity index (χ0v) is 20.8. The lowest BCUT2D eigenvalue weighted by molar-refractivity contribution is 0.313. The highest BCUT2D eigenvalue weighted by atomic mass is 19.1. The van der Waals surface area contributed by atoms with E-state index in [0.29, 0.717) is 11.5 Å². The first-order chi connectivity index (χ1) is 18.6. The maximum Gasteiger partial charge on any atom is 0.181 e. The number of para-hydroxylation sites is 1. The Hall–Kier alpha value is -4.63. The second kappa shape index (κ2) is 9.04. The standard InChI is InChI=1S/C29H25FN8/c1-37-8-10-38(11-9-37)22-13-19(12-21(30)15-22)23-5-2-6-25-26(23)34-29(33-25)27-24-14-20(17-32-28(24)36-35-27)18-4-3-7-31-16-18/h2-7,12-17H,8-11H2,1H3,(H,33,34)(H,32,35,36). The Labute approximate surface area is 218 Å². The smallest absolute Gasteiger partial charge is 0.181 e. The molecule has 2 N–H and O–H groups in total. The second-order valence-electron chi connectivity index (χ2n) is 9.71. The zero-order valence-electron chi connectivity index (χ0n) is 20.8. The van der Waals surface area contributed by atoms with Crippen LogP contribution in [0.1, 0.15) is 0 Å². The highest BCUT2D eigenvalue weighted by molar-refractivity contribution is 5.97. The molecule has 1 fully saturated rings. The van der Waals surface area contributed by atoms with Gasteiger partial charge in [0, 0.05) is 67.1 Å². The van der Waals surface area contributed by atoms with Crippen LogP contribution in [0.25, 0.3) is 55.8 Å². The molecule has 38 heavy (non-hydrogen) atoms. The molecule has 1 aliphatic heterocycles. The molecule has 6 aromatic rings. The first-order valence-corrected chi connectivity index (χ1v) is 12.6. The summed E-state index contributed by atoms with van der Waals surface area (Å²) in [4.78, 5) is 21.7. The lowest BCUT2D eigenvalue weighted by Gasteiger charge is -2.34. The van der Waals surface area contributed by atoms with Crippen LogP contribution < -0.4 is 4.90 Å². The SMILES string of the molecule is CN1CCN(c2cc(F)cc(-c3cccc4[nH]c(-c5[nH]nc6ncc(-c7cccnc7)cc56)nc34)c2)CC1. The van der Waals surface area contributed by atoms with Crippen LogP contribution in [-0.2, 0) is 0 Å². The number of fused-ring (bicyclic) bond motifs is 2. The van der Waals surface area contributed by atoms with Crippen molar-refractivity contribution in [1.29, 1.82) is 0 Å². The normalized spacial score (nSPS) is 14.5. The Morgan fingerprint density at radius 3 is 2.63 bits per heavy atom. The third kappa shape index (κ3) is 3.97. The summed E-state index contributed by atoms with van der Waals surface area (Å²) in [6.45, 7) is 3.66. The van der Waals surface area contributed by atoms with Gasteiger partial charge in [-0.1, -0.05) is 18.2 Å². The maximum atomic E-state index is 14.8. The van der Waals surface area contributed by atoms with Crippen LogP contribution in [0.4, 0.5) is 10.1 Å². The molecule has 0 bridgehead atoms. The Balaban J connectivity index is 1.31. The molecule has 2 aromatic carbocycles. The third-order valence-corrected chi connectivity index (χ3v) is 7.22. The molecule has 7 rings (SSSR count). The molecule has 0 atom stereocenters. The van der Waals surface area contributed by atoms with Crippen molar-refractivity contribution in [1.82, 2.24) is 35.0 Å². The summed E-state index contributed by atoms with van der Waals surface area (Å²) >= 11 is 0. The van der Waals surface area contributed by atoms with Crippen LogP contribution in [-0.4, -0.2) is 68.3 Å². The molecule has 5 heterocycles.